The first-order valence-electron chi connectivity index (χ1n) is 15.5. The molecule has 2 heteroatoms. The second-order valence-electron chi connectivity index (χ2n) is 13.7. The standard InChI is InChI=1S/C37H44O2/c1-35-24-22-30-29(31(35)18-20-33(35)38)23-25-36(2)32(30)19-21-34(36)39-37(26-12-6-3-7-13-26,27-14-8-4-9-15-27)28-16-10-5-11-17-28/h3-17,29-34,38H,18-25H2,1-2H3/t29-,30+,31+,32-,33+,34-,35+,36-/m0/s1. The molecule has 0 saturated heterocycles. The Hall–Kier alpha value is -2.42. The van der Waals surface area contributed by atoms with Gasteiger partial charge in [0.1, 0.15) is 5.60 Å². The van der Waals surface area contributed by atoms with Crippen LogP contribution in [0.15, 0.2) is 91.0 Å². The van der Waals surface area contributed by atoms with Crippen molar-refractivity contribution in [2.75, 3.05) is 0 Å². The number of fused-ring (bicyclic) bond motifs is 5. The molecule has 1 N–H and O–H groups in total. The van der Waals surface area contributed by atoms with Crippen molar-refractivity contribution in [3.05, 3.63) is 108 Å². The minimum Gasteiger partial charge on any atom is -0.393 e. The predicted octanol–water partition coefficient (Wildman–Crippen LogP) is 8.38. The van der Waals surface area contributed by atoms with Crippen molar-refractivity contribution in [1.29, 1.82) is 0 Å². The van der Waals surface area contributed by atoms with Gasteiger partial charge >= 0.3 is 0 Å². The average Bonchev–Trinajstić information content (AvgIpc) is 3.48. The summed E-state index contributed by atoms with van der Waals surface area (Å²) in [5.74, 6) is 2.97. The van der Waals surface area contributed by atoms with Crippen LogP contribution in [0, 0.1) is 34.5 Å². The first-order chi connectivity index (χ1) is 19.0. The summed E-state index contributed by atoms with van der Waals surface area (Å²) in [5.41, 5.74) is 3.29. The van der Waals surface area contributed by atoms with E-state index in [1.54, 1.807) is 0 Å². The second kappa shape index (κ2) is 9.60. The van der Waals surface area contributed by atoms with E-state index in [-0.39, 0.29) is 23.0 Å². The smallest absolute Gasteiger partial charge is 0.144 e. The highest BCUT2D eigenvalue weighted by molar-refractivity contribution is 5.47. The van der Waals surface area contributed by atoms with Gasteiger partial charge in [-0.2, -0.15) is 0 Å². The molecule has 0 bridgehead atoms. The van der Waals surface area contributed by atoms with E-state index in [2.05, 4.69) is 105 Å². The summed E-state index contributed by atoms with van der Waals surface area (Å²) in [6.07, 6.45) is 9.73. The Morgan fingerprint density at radius 2 is 1.03 bits per heavy atom. The molecular formula is C37H44O2. The van der Waals surface area contributed by atoms with E-state index in [0.29, 0.717) is 11.8 Å². The summed E-state index contributed by atoms with van der Waals surface area (Å²) >= 11 is 0. The summed E-state index contributed by atoms with van der Waals surface area (Å²) in [7, 11) is 0. The zero-order chi connectivity index (χ0) is 26.7. The predicted molar refractivity (Wildman–Crippen MR) is 157 cm³/mol. The number of aliphatic hydroxyl groups excluding tert-OH is 1. The maximum absolute atomic E-state index is 10.9. The molecule has 4 aliphatic carbocycles. The molecule has 0 aromatic heterocycles. The maximum Gasteiger partial charge on any atom is 0.144 e. The Morgan fingerprint density at radius 1 is 0.590 bits per heavy atom. The normalized spacial score (nSPS) is 37.6. The van der Waals surface area contributed by atoms with E-state index in [0.717, 1.165) is 24.7 Å². The Morgan fingerprint density at radius 3 is 1.54 bits per heavy atom. The molecule has 0 radical (unpaired) electrons. The van der Waals surface area contributed by atoms with Gasteiger partial charge in [0.2, 0.25) is 0 Å². The molecular weight excluding hydrogens is 476 g/mol. The third-order valence-electron chi connectivity index (χ3n) is 12.2. The fourth-order valence-corrected chi connectivity index (χ4v) is 10.1. The zero-order valence-corrected chi connectivity index (χ0v) is 23.6. The number of hydrogen-bond donors (Lipinski definition) is 1. The Balaban J connectivity index is 1.28. The summed E-state index contributed by atoms with van der Waals surface area (Å²) in [4.78, 5) is 0. The molecule has 3 aromatic carbocycles. The topological polar surface area (TPSA) is 29.5 Å². The monoisotopic (exact) mass is 520 g/mol. The molecule has 204 valence electrons. The third-order valence-corrected chi connectivity index (χ3v) is 12.2. The summed E-state index contributed by atoms with van der Waals surface area (Å²) in [6, 6.07) is 32.7. The number of hydrogen-bond acceptors (Lipinski definition) is 2. The molecule has 2 nitrogen and oxygen atoms in total. The van der Waals surface area contributed by atoms with Crippen LogP contribution in [0.5, 0.6) is 0 Å². The van der Waals surface area contributed by atoms with Crippen LogP contribution >= 0.6 is 0 Å². The Labute approximate surface area is 234 Å². The van der Waals surface area contributed by atoms with E-state index in [4.69, 9.17) is 4.74 Å². The molecule has 0 amide bonds. The second-order valence-corrected chi connectivity index (χ2v) is 13.7. The minimum atomic E-state index is -0.649. The minimum absolute atomic E-state index is 0.0975. The zero-order valence-electron chi connectivity index (χ0n) is 23.6. The molecule has 0 unspecified atom stereocenters. The Bertz CT molecular complexity index is 1180. The highest BCUT2D eigenvalue weighted by atomic mass is 16.5. The van der Waals surface area contributed by atoms with Crippen molar-refractivity contribution < 1.29 is 9.84 Å². The maximum atomic E-state index is 10.9. The first kappa shape index (κ1) is 25.5. The highest BCUT2D eigenvalue weighted by Crippen LogP contribution is 2.67. The van der Waals surface area contributed by atoms with Gasteiger partial charge in [-0.1, -0.05) is 105 Å². The molecule has 4 aliphatic rings. The summed E-state index contributed by atoms with van der Waals surface area (Å²) < 4.78 is 7.69. The molecule has 7 rings (SSSR count). The van der Waals surface area contributed by atoms with Crippen molar-refractivity contribution in [3.63, 3.8) is 0 Å². The number of benzene rings is 3. The molecule has 3 aromatic rings. The van der Waals surface area contributed by atoms with E-state index in [9.17, 15) is 5.11 Å². The van der Waals surface area contributed by atoms with Gasteiger partial charge in [-0.05, 0) is 103 Å². The third kappa shape index (κ3) is 3.81. The van der Waals surface area contributed by atoms with Gasteiger partial charge in [-0.3, -0.25) is 0 Å². The molecule has 4 fully saturated rings. The quantitative estimate of drug-likeness (QED) is 0.342. The van der Waals surface area contributed by atoms with Gasteiger partial charge < -0.3 is 9.84 Å². The van der Waals surface area contributed by atoms with Crippen LogP contribution in [0.1, 0.15) is 81.9 Å². The van der Waals surface area contributed by atoms with Crippen LogP contribution in [0.3, 0.4) is 0 Å². The van der Waals surface area contributed by atoms with Gasteiger partial charge in [0, 0.05) is 0 Å². The van der Waals surface area contributed by atoms with Crippen LogP contribution in [-0.2, 0) is 10.3 Å². The lowest BCUT2D eigenvalue weighted by Gasteiger charge is -2.57. The highest BCUT2D eigenvalue weighted by Gasteiger charge is 2.62. The lowest BCUT2D eigenvalue weighted by Crippen LogP contribution is -2.52. The lowest BCUT2D eigenvalue weighted by atomic mass is 9.49. The fraction of sp³-hybridized carbons (Fsp3) is 0.514. The van der Waals surface area contributed by atoms with Crippen LogP contribution in [-0.4, -0.2) is 17.3 Å². The van der Waals surface area contributed by atoms with Gasteiger partial charge in [0.15, 0.2) is 0 Å². The Kier molecular flexibility index (Phi) is 6.29. The molecule has 0 spiro atoms. The SMILES string of the molecule is C[C@@]12CC[C@@H]3[C@H](CC[C@]4(C)[C@@H](OC(c5ccccc5)(c5ccccc5)c5ccccc5)CC[C@@H]34)[C@H]1CC[C@H]2O. The van der Waals surface area contributed by atoms with Gasteiger partial charge in [0.05, 0.1) is 12.2 Å². The van der Waals surface area contributed by atoms with Crippen molar-refractivity contribution in [2.45, 2.75) is 83.0 Å². The van der Waals surface area contributed by atoms with E-state index in [1.807, 2.05) is 0 Å². The summed E-state index contributed by atoms with van der Waals surface area (Å²) in [6.45, 7) is 4.96. The number of aliphatic hydroxyl groups is 1. The molecule has 0 heterocycles. The van der Waals surface area contributed by atoms with Crippen LogP contribution in [0.25, 0.3) is 0 Å². The van der Waals surface area contributed by atoms with Gasteiger partial charge in [0.25, 0.3) is 0 Å². The summed E-state index contributed by atoms with van der Waals surface area (Å²) in [5, 5.41) is 10.9. The van der Waals surface area contributed by atoms with Gasteiger partial charge in [-0.15, -0.1) is 0 Å². The van der Waals surface area contributed by atoms with Gasteiger partial charge in [-0.25, -0.2) is 0 Å². The first-order valence-corrected chi connectivity index (χ1v) is 15.5. The number of ether oxygens (including phenoxy) is 1. The lowest BCUT2D eigenvalue weighted by molar-refractivity contribution is -0.142. The molecule has 39 heavy (non-hydrogen) atoms. The van der Waals surface area contributed by atoms with Crippen LogP contribution in [0.2, 0.25) is 0 Å². The van der Waals surface area contributed by atoms with Crippen molar-refractivity contribution in [3.8, 4) is 0 Å². The molecule has 0 aliphatic heterocycles. The average molecular weight is 521 g/mol. The van der Waals surface area contributed by atoms with Crippen molar-refractivity contribution >= 4 is 0 Å². The molecule has 4 saturated carbocycles. The van der Waals surface area contributed by atoms with E-state index >= 15 is 0 Å². The molecule has 8 atom stereocenters. The van der Waals surface area contributed by atoms with Crippen LogP contribution in [0.4, 0.5) is 0 Å². The van der Waals surface area contributed by atoms with Crippen molar-refractivity contribution in [2.24, 2.45) is 34.5 Å². The van der Waals surface area contributed by atoms with E-state index < -0.39 is 5.60 Å². The van der Waals surface area contributed by atoms with E-state index in [1.165, 1.54) is 55.2 Å². The largest absolute Gasteiger partial charge is 0.393 e. The number of rotatable bonds is 5. The van der Waals surface area contributed by atoms with Crippen LogP contribution < -0.4 is 0 Å². The fourth-order valence-electron chi connectivity index (χ4n) is 10.1. The van der Waals surface area contributed by atoms with Crippen molar-refractivity contribution in [1.82, 2.24) is 0 Å².